The van der Waals surface area contributed by atoms with Gasteiger partial charge in [0.05, 0.1) is 13.1 Å². The highest BCUT2D eigenvalue weighted by Gasteiger charge is 2.31. The van der Waals surface area contributed by atoms with Crippen LogP contribution in [0.4, 0.5) is 0 Å². The average molecular weight is 334 g/mol. The average Bonchev–Trinajstić information content (AvgIpc) is 3.00. The highest BCUT2D eigenvalue weighted by Crippen LogP contribution is 2.18. The van der Waals surface area contributed by atoms with E-state index in [0.717, 1.165) is 12.2 Å². The number of nitrogens with zero attached hydrogens (tertiary/aromatic N) is 1. The van der Waals surface area contributed by atoms with Crippen LogP contribution < -0.4 is 10.1 Å². The minimum absolute atomic E-state index is 0.125. The summed E-state index contributed by atoms with van der Waals surface area (Å²) in [5.41, 5.74) is 1.26. The number of carboxylic acids is 1. The molecule has 0 radical (unpaired) electrons. The number of ether oxygens (including phenoxy) is 1. The second-order valence-corrected chi connectivity index (χ2v) is 6.39. The third-order valence-corrected chi connectivity index (χ3v) is 4.24. The van der Waals surface area contributed by atoms with Crippen LogP contribution in [0.5, 0.6) is 5.75 Å². The number of nitrogens with one attached hydrogen (secondary N) is 1. The SMILES string of the molecule is CC(C)c1ccc(OCCNC(=O)CN2CCCC2C(=O)O)cc1. The molecule has 0 aliphatic carbocycles. The van der Waals surface area contributed by atoms with E-state index in [-0.39, 0.29) is 12.5 Å². The molecule has 2 N–H and O–H groups in total. The quantitative estimate of drug-likeness (QED) is 0.710. The Labute approximate surface area is 142 Å². The molecule has 6 nitrogen and oxygen atoms in total. The molecule has 2 rings (SSSR count). The topological polar surface area (TPSA) is 78.9 Å². The van der Waals surface area contributed by atoms with Crippen LogP contribution >= 0.6 is 0 Å². The Morgan fingerprint density at radius 3 is 2.67 bits per heavy atom. The van der Waals surface area contributed by atoms with Crippen molar-refractivity contribution in [2.24, 2.45) is 0 Å². The minimum atomic E-state index is -0.853. The van der Waals surface area contributed by atoms with E-state index in [1.54, 1.807) is 4.90 Å². The fraction of sp³-hybridized carbons (Fsp3) is 0.556. The molecule has 1 aliphatic rings. The minimum Gasteiger partial charge on any atom is -0.492 e. The lowest BCUT2D eigenvalue weighted by Gasteiger charge is -2.20. The summed E-state index contributed by atoms with van der Waals surface area (Å²) in [6.45, 7) is 5.84. The van der Waals surface area contributed by atoms with Crippen LogP contribution in [0.15, 0.2) is 24.3 Å². The van der Waals surface area contributed by atoms with Crippen molar-refractivity contribution >= 4 is 11.9 Å². The fourth-order valence-corrected chi connectivity index (χ4v) is 2.84. The van der Waals surface area contributed by atoms with Crippen molar-refractivity contribution in [3.05, 3.63) is 29.8 Å². The second kappa shape index (κ2) is 8.68. The molecule has 1 heterocycles. The number of hydrogen-bond donors (Lipinski definition) is 2. The van der Waals surface area contributed by atoms with Crippen LogP contribution in [0.3, 0.4) is 0 Å². The molecule has 0 saturated carbocycles. The summed E-state index contributed by atoms with van der Waals surface area (Å²) in [6, 6.07) is 7.40. The zero-order valence-corrected chi connectivity index (χ0v) is 14.3. The van der Waals surface area contributed by atoms with Gasteiger partial charge in [-0.1, -0.05) is 26.0 Å². The monoisotopic (exact) mass is 334 g/mol. The smallest absolute Gasteiger partial charge is 0.320 e. The lowest BCUT2D eigenvalue weighted by atomic mass is 10.0. The van der Waals surface area contributed by atoms with Crippen molar-refractivity contribution in [1.29, 1.82) is 0 Å². The first-order valence-corrected chi connectivity index (χ1v) is 8.43. The zero-order chi connectivity index (χ0) is 17.5. The first kappa shape index (κ1) is 18.3. The van der Waals surface area contributed by atoms with Gasteiger partial charge in [-0.15, -0.1) is 0 Å². The molecule has 1 fully saturated rings. The van der Waals surface area contributed by atoms with Crippen molar-refractivity contribution < 1.29 is 19.4 Å². The Morgan fingerprint density at radius 1 is 1.33 bits per heavy atom. The van der Waals surface area contributed by atoms with Crippen molar-refractivity contribution in [2.45, 2.75) is 38.6 Å². The molecule has 6 heteroatoms. The third-order valence-electron chi connectivity index (χ3n) is 4.24. The summed E-state index contributed by atoms with van der Waals surface area (Å²) >= 11 is 0. The van der Waals surface area contributed by atoms with Crippen LogP contribution in [0.2, 0.25) is 0 Å². The lowest BCUT2D eigenvalue weighted by Crippen LogP contribution is -2.43. The summed E-state index contributed by atoms with van der Waals surface area (Å²) in [4.78, 5) is 24.7. The summed E-state index contributed by atoms with van der Waals surface area (Å²) < 4.78 is 5.60. The maximum Gasteiger partial charge on any atom is 0.320 e. The first-order chi connectivity index (χ1) is 11.5. The normalized spacial score (nSPS) is 17.9. The Morgan fingerprint density at radius 2 is 2.04 bits per heavy atom. The van der Waals surface area contributed by atoms with E-state index in [4.69, 9.17) is 9.84 Å². The molecule has 0 bridgehead atoms. The molecular formula is C18H26N2O4. The van der Waals surface area contributed by atoms with E-state index in [2.05, 4.69) is 19.2 Å². The number of amides is 1. The van der Waals surface area contributed by atoms with Crippen LogP contribution in [-0.4, -0.2) is 54.2 Å². The predicted octanol–water partition coefficient (Wildman–Crippen LogP) is 1.85. The Balaban J connectivity index is 1.66. The molecule has 1 atom stereocenters. The molecule has 1 unspecified atom stereocenters. The Bertz CT molecular complexity index is 557. The van der Waals surface area contributed by atoms with Crippen molar-refractivity contribution in [3.63, 3.8) is 0 Å². The Hall–Kier alpha value is -2.08. The van der Waals surface area contributed by atoms with Gasteiger partial charge in [0, 0.05) is 0 Å². The summed E-state index contributed by atoms with van der Waals surface area (Å²) in [5.74, 6) is 0.244. The number of benzene rings is 1. The van der Waals surface area contributed by atoms with E-state index >= 15 is 0 Å². The highest BCUT2D eigenvalue weighted by molar-refractivity contribution is 5.80. The number of aliphatic carboxylic acids is 1. The van der Waals surface area contributed by atoms with E-state index in [0.29, 0.717) is 32.0 Å². The number of carbonyl (C=O) groups excluding carboxylic acids is 1. The molecule has 1 aromatic rings. The molecule has 24 heavy (non-hydrogen) atoms. The standard InChI is InChI=1S/C18H26N2O4/c1-13(2)14-5-7-15(8-6-14)24-11-9-19-17(21)12-20-10-3-4-16(20)18(22)23/h5-8,13,16H,3-4,9-12H2,1-2H3,(H,19,21)(H,22,23). The third kappa shape index (κ3) is 5.23. The molecule has 1 amide bonds. The van der Waals surface area contributed by atoms with E-state index in [9.17, 15) is 9.59 Å². The van der Waals surface area contributed by atoms with Gasteiger partial charge in [-0.2, -0.15) is 0 Å². The molecule has 0 aromatic heterocycles. The molecule has 0 spiro atoms. The van der Waals surface area contributed by atoms with E-state index in [1.807, 2.05) is 24.3 Å². The van der Waals surface area contributed by atoms with Gasteiger partial charge in [0.1, 0.15) is 18.4 Å². The van der Waals surface area contributed by atoms with Gasteiger partial charge < -0.3 is 15.2 Å². The summed E-state index contributed by atoms with van der Waals surface area (Å²) in [5, 5.41) is 11.9. The van der Waals surface area contributed by atoms with Gasteiger partial charge in [0.2, 0.25) is 5.91 Å². The van der Waals surface area contributed by atoms with Crippen molar-refractivity contribution in [2.75, 3.05) is 26.2 Å². The molecule has 1 saturated heterocycles. The zero-order valence-electron chi connectivity index (χ0n) is 14.3. The van der Waals surface area contributed by atoms with Gasteiger partial charge in [0.25, 0.3) is 0 Å². The molecular weight excluding hydrogens is 308 g/mol. The van der Waals surface area contributed by atoms with Crippen LogP contribution in [0.25, 0.3) is 0 Å². The second-order valence-electron chi connectivity index (χ2n) is 6.39. The lowest BCUT2D eigenvalue weighted by molar-refractivity contribution is -0.142. The largest absolute Gasteiger partial charge is 0.492 e. The molecule has 132 valence electrons. The summed E-state index contributed by atoms with van der Waals surface area (Å²) in [7, 11) is 0. The Kier molecular flexibility index (Phi) is 6.61. The van der Waals surface area contributed by atoms with E-state index in [1.165, 1.54) is 5.56 Å². The van der Waals surface area contributed by atoms with Crippen LogP contribution in [-0.2, 0) is 9.59 Å². The van der Waals surface area contributed by atoms with E-state index < -0.39 is 12.0 Å². The number of hydrogen-bond acceptors (Lipinski definition) is 4. The van der Waals surface area contributed by atoms with Crippen molar-refractivity contribution in [1.82, 2.24) is 10.2 Å². The van der Waals surface area contributed by atoms with Gasteiger partial charge >= 0.3 is 5.97 Å². The van der Waals surface area contributed by atoms with Gasteiger partial charge in [-0.05, 0) is 43.0 Å². The number of rotatable bonds is 8. The predicted molar refractivity (Wildman–Crippen MR) is 91.3 cm³/mol. The number of likely N-dealkylation sites (tertiary alicyclic amines) is 1. The maximum absolute atomic E-state index is 11.9. The number of carbonyl (C=O) groups is 2. The van der Waals surface area contributed by atoms with Crippen LogP contribution in [0.1, 0.15) is 38.2 Å². The highest BCUT2D eigenvalue weighted by atomic mass is 16.5. The fourth-order valence-electron chi connectivity index (χ4n) is 2.84. The van der Waals surface area contributed by atoms with Gasteiger partial charge in [0.15, 0.2) is 0 Å². The van der Waals surface area contributed by atoms with Crippen molar-refractivity contribution in [3.8, 4) is 5.75 Å². The van der Waals surface area contributed by atoms with Crippen LogP contribution in [0, 0.1) is 0 Å². The van der Waals surface area contributed by atoms with Gasteiger partial charge in [-0.3, -0.25) is 14.5 Å². The molecule has 1 aromatic carbocycles. The summed E-state index contributed by atoms with van der Waals surface area (Å²) in [6.07, 6.45) is 1.43. The molecule has 1 aliphatic heterocycles. The van der Waals surface area contributed by atoms with Gasteiger partial charge in [-0.25, -0.2) is 0 Å². The number of carboxylic acid groups (broad SMARTS) is 1. The maximum atomic E-state index is 11.9. The first-order valence-electron chi connectivity index (χ1n) is 8.43.